The summed E-state index contributed by atoms with van der Waals surface area (Å²) in [6, 6.07) is 4.12. The van der Waals surface area contributed by atoms with E-state index in [-0.39, 0.29) is 17.8 Å². The lowest BCUT2D eigenvalue weighted by Crippen LogP contribution is -2.29. The number of ketones is 1. The predicted octanol–water partition coefficient (Wildman–Crippen LogP) is 2.01. The molecule has 1 aliphatic heterocycles. The molecule has 1 aromatic heterocycles. The number of para-hydroxylation sites is 1. The molecule has 0 radical (unpaired) electrons. The fraction of sp³-hybridized carbons (Fsp3) is 0.0833. The van der Waals surface area contributed by atoms with Gasteiger partial charge < -0.3 is 0 Å². The number of benzene rings is 1. The Kier molecular flexibility index (Phi) is 2.45. The zero-order valence-electron chi connectivity index (χ0n) is 9.09. The van der Waals surface area contributed by atoms with Gasteiger partial charge >= 0.3 is 0 Å². The highest BCUT2D eigenvalue weighted by atomic mass is 32.1. The van der Waals surface area contributed by atoms with Gasteiger partial charge in [-0.1, -0.05) is 6.07 Å². The maximum absolute atomic E-state index is 13.8. The second kappa shape index (κ2) is 3.99. The van der Waals surface area contributed by atoms with Crippen LogP contribution in [-0.2, 0) is 11.3 Å². The predicted molar refractivity (Wildman–Crippen MR) is 64.0 cm³/mol. The third-order valence-electron chi connectivity index (χ3n) is 2.74. The van der Waals surface area contributed by atoms with Gasteiger partial charge in [-0.3, -0.25) is 14.5 Å². The first-order chi connectivity index (χ1) is 8.68. The fourth-order valence-electron chi connectivity index (χ4n) is 1.94. The van der Waals surface area contributed by atoms with Gasteiger partial charge in [0.2, 0.25) is 0 Å². The molecule has 90 valence electrons. The van der Waals surface area contributed by atoms with Crippen molar-refractivity contribution in [3.63, 3.8) is 0 Å². The largest absolute Gasteiger partial charge is 0.299 e. The number of halogens is 1. The maximum atomic E-state index is 13.8. The number of Topliss-reactive ketones (excluding diaryl/α,β-unsaturated/α-hetero) is 1. The molecule has 1 aromatic carbocycles. The van der Waals surface area contributed by atoms with Gasteiger partial charge in [0.1, 0.15) is 5.82 Å². The number of aromatic nitrogens is 1. The van der Waals surface area contributed by atoms with Crippen LogP contribution in [0.25, 0.3) is 0 Å². The van der Waals surface area contributed by atoms with Crippen molar-refractivity contribution in [3.8, 4) is 0 Å². The average Bonchev–Trinajstić information content (AvgIpc) is 2.94. The zero-order chi connectivity index (χ0) is 12.7. The molecule has 2 heterocycles. The van der Waals surface area contributed by atoms with Gasteiger partial charge in [-0.05, 0) is 12.1 Å². The number of thiazole rings is 1. The SMILES string of the molecule is O=C1C(=O)N(Cc2cscn2)c2c(F)cccc21. The number of carbonyl (C=O) groups is 2. The molecule has 0 aliphatic carbocycles. The molecule has 1 amide bonds. The molecule has 2 aromatic rings. The molecular formula is C12H7FN2O2S. The molecule has 0 saturated carbocycles. The lowest BCUT2D eigenvalue weighted by molar-refractivity contribution is -0.114. The Bertz CT molecular complexity index is 640. The number of nitrogens with zero attached hydrogens (tertiary/aromatic N) is 2. The first kappa shape index (κ1) is 11.0. The summed E-state index contributed by atoms with van der Waals surface area (Å²) in [6.07, 6.45) is 0. The topological polar surface area (TPSA) is 50.3 Å². The Labute approximate surface area is 106 Å². The molecule has 0 saturated heterocycles. The molecule has 0 spiro atoms. The Balaban J connectivity index is 2.07. The lowest BCUT2D eigenvalue weighted by atomic mass is 10.1. The van der Waals surface area contributed by atoms with Crippen molar-refractivity contribution in [2.75, 3.05) is 4.90 Å². The van der Waals surface area contributed by atoms with Crippen LogP contribution < -0.4 is 4.90 Å². The quantitative estimate of drug-likeness (QED) is 0.778. The molecule has 0 N–H and O–H groups in total. The van der Waals surface area contributed by atoms with Crippen molar-refractivity contribution in [2.45, 2.75) is 6.54 Å². The minimum Gasteiger partial charge on any atom is -0.296 e. The lowest BCUT2D eigenvalue weighted by Gasteiger charge is -2.15. The third-order valence-corrected chi connectivity index (χ3v) is 3.38. The summed E-state index contributed by atoms with van der Waals surface area (Å²) < 4.78 is 13.8. The van der Waals surface area contributed by atoms with Crippen LogP contribution in [-0.4, -0.2) is 16.7 Å². The highest BCUT2D eigenvalue weighted by molar-refractivity contribution is 7.07. The van der Waals surface area contributed by atoms with E-state index >= 15 is 0 Å². The molecule has 0 fully saturated rings. The zero-order valence-corrected chi connectivity index (χ0v) is 9.91. The number of fused-ring (bicyclic) bond motifs is 1. The summed E-state index contributed by atoms with van der Waals surface area (Å²) in [5.41, 5.74) is 2.44. The van der Waals surface area contributed by atoms with E-state index in [2.05, 4.69) is 4.98 Å². The molecule has 0 unspecified atom stereocenters. The summed E-state index contributed by atoms with van der Waals surface area (Å²) in [6.45, 7) is 0.113. The molecule has 0 atom stereocenters. The van der Waals surface area contributed by atoms with E-state index in [9.17, 15) is 14.0 Å². The van der Waals surface area contributed by atoms with Gasteiger partial charge in [-0.25, -0.2) is 9.37 Å². The van der Waals surface area contributed by atoms with Gasteiger partial charge in [-0.15, -0.1) is 11.3 Å². The third kappa shape index (κ3) is 1.53. The molecule has 3 rings (SSSR count). The number of hydrogen-bond acceptors (Lipinski definition) is 4. The van der Waals surface area contributed by atoms with Crippen LogP contribution in [0.15, 0.2) is 29.1 Å². The van der Waals surface area contributed by atoms with Crippen LogP contribution in [0, 0.1) is 5.82 Å². The van der Waals surface area contributed by atoms with Crippen LogP contribution in [0.3, 0.4) is 0 Å². The van der Waals surface area contributed by atoms with E-state index in [0.717, 1.165) is 4.90 Å². The van der Waals surface area contributed by atoms with Gasteiger partial charge in [0, 0.05) is 5.38 Å². The number of carbonyl (C=O) groups excluding carboxylic acids is 2. The van der Waals surface area contributed by atoms with Gasteiger partial charge in [0.05, 0.1) is 29.0 Å². The van der Waals surface area contributed by atoms with Crippen LogP contribution in [0.4, 0.5) is 10.1 Å². The van der Waals surface area contributed by atoms with Crippen molar-refractivity contribution in [3.05, 3.63) is 46.2 Å². The standard InChI is InChI=1S/C12H7FN2O2S/c13-9-3-1-2-8-10(9)15(12(17)11(8)16)4-7-5-18-6-14-7/h1-3,5-6H,4H2. The van der Waals surface area contributed by atoms with Crippen LogP contribution >= 0.6 is 11.3 Å². The molecule has 4 nitrogen and oxygen atoms in total. The Morgan fingerprint density at radius 1 is 1.33 bits per heavy atom. The monoisotopic (exact) mass is 262 g/mol. The van der Waals surface area contributed by atoms with Crippen molar-refractivity contribution in [2.24, 2.45) is 0 Å². The first-order valence-electron chi connectivity index (χ1n) is 5.20. The Morgan fingerprint density at radius 2 is 2.17 bits per heavy atom. The molecule has 0 bridgehead atoms. The van der Waals surface area contributed by atoms with E-state index in [1.165, 1.54) is 29.5 Å². The van der Waals surface area contributed by atoms with Crippen molar-refractivity contribution >= 4 is 28.7 Å². The van der Waals surface area contributed by atoms with E-state index in [4.69, 9.17) is 0 Å². The van der Waals surface area contributed by atoms with E-state index in [0.29, 0.717) is 5.69 Å². The van der Waals surface area contributed by atoms with Crippen molar-refractivity contribution in [1.29, 1.82) is 0 Å². The van der Waals surface area contributed by atoms with E-state index < -0.39 is 17.5 Å². The normalized spacial score (nSPS) is 14.2. The average molecular weight is 262 g/mol. The Morgan fingerprint density at radius 3 is 2.89 bits per heavy atom. The smallest absolute Gasteiger partial charge is 0.296 e. The van der Waals surface area contributed by atoms with Crippen LogP contribution in [0.1, 0.15) is 16.1 Å². The summed E-state index contributed by atoms with van der Waals surface area (Å²) in [5.74, 6) is -1.94. The minimum absolute atomic E-state index is 0.0560. The minimum atomic E-state index is -0.705. The number of anilines is 1. The molecule has 1 aliphatic rings. The summed E-state index contributed by atoms with van der Waals surface area (Å²) in [4.78, 5) is 28.7. The van der Waals surface area contributed by atoms with Gasteiger partial charge in [-0.2, -0.15) is 0 Å². The second-order valence-corrected chi connectivity index (χ2v) is 4.55. The maximum Gasteiger partial charge on any atom is 0.299 e. The highest BCUT2D eigenvalue weighted by Gasteiger charge is 2.38. The van der Waals surface area contributed by atoms with Crippen molar-refractivity contribution < 1.29 is 14.0 Å². The number of rotatable bonds is 2. The van der Waals surface area contributed by atoms with Gasteiger partial charge in [0.15, 0.2) is 0 Å². The first-order valence-corrected chi connectivity index (χ1v) is 6.14. The van der Waals surface area contributed by atoms with Gasteiger partial charge in [0.25, 0.3) is 11.7 Å². The summed E-state index contributed by atoms with van der Waals surface area (Å²) in [5, 5.41) is 1.76. The van der Waals surface area contributed by atoms with E-state index in [1.54, 1.807) is 10.9 Å². The highest BCUT2D eigenvalue weighted by Crippen LogP contribution is 2.32. The fourth-order valence-corrected chi connectivity index (χ4v) is 2.49. The number of amides is 1. The molecule has 18 heavy (non-hydrogen) atoms. The summed E-state index contributed by atoms with van der Waals surface area (Å²) in [7, 11) is 0. The summed E-state index contributed by atoms with van der Waals surface area (Å²) >= 11 is 1.38. The van der Waals surface area contributed by atoms with Crippen molar-refractivity contribution in [1.82, 2.24) is 4.98 Å². The second-order valence-electron chi connectivity index (χ2n) is 3.84. The van der Waals surface area contributed by atoms with Crippen LogP contribution in [0.5, 0.6) is 0 Å². The Hall–Kier alpha value is -2.08. The molecular weight excluding hydrogens is 255 g/mol. The van der Waals surface area contributed by atoms with E-state index in [1.807, 2.05) is 0 Å². The van der Waals surface area contributed by atoms with Crippen LogP contribution in [0.2, 0.25) is 0 Å². The molecule has 6 heteroatoms. The number of hydrogen-bond donors (Lipinski definition) is 0.